The largest absolute Gasteiger partial charge is 0.434 e. The molecule has 2 aromatic rings. The summed E-state index contributed by atoms with van der Waals surface area (Å²) in [7, 11) is 0. The van der Waals surface area contributed by atoms with Crippen LogP contribution in [0.25, 0.3) is 11.1 Å². The molecule has 28 heavy (non-hydrogen) atoms. The van der Waals surface area contributed by atoms with Gasteiger partial charge in [0.2, 0.25) is 0 Å². The van der Waals surface area contributed by atoms with E-state index >= 15 is 0 Å². The molecule has 1 aliphatic rings. The first-order chi connectivity index (χ1) is 13.5. The van der Waals surface area contributed by atoms with Crippen LogP contribution in [0.3, 0.4) is 0 Å². The van der Waals surface area contributed by atoms with Crippen molar-refractivity contribution in [3.05, 3.63) is 48.0 Å². The van der Waals surface area contributed by atoms with E-state index in [2.05, 4.69) is 10.1 Å². The van der Waals surface area contributed by atoms with Crippen LogP contribution in [0.15, 0.2) is 42.5 Å². The number of nitrogens with one attached hydrogen (secondary N) is 1. The number of carbonyl (C=O) groups excluding carboxylic acids is 1. The predicted octanol–water partition coefficient (Wildman–Crippen LogP) is 4.83. The van der Waals surface area contributed by atoms with Crippen molar-refractivity contribution in [1.29, 1.82) is 0 Å². The summed E-state index contributed by atoms with van der Waals surface area (Å²) in [4.78, 5) is 12.2. The number of hydrogen-bond acceptors (Lipinski definition) is 4. The number of benzene rings is 2. The molecule has 0 aliphatic heterocycles. The van der Waals surface area contributed by atoms with Crippen LogP contribution in [-0.2, 0) is 6.54 Å². The van der Waals surface area contributed by atoms with E-state index in [0.29, 0.717) is 17.7 Å². The van der Waals surface area contributed by atoms with Crippen LogP contribution in [0.2, 0.25) is 0 Å². The highest BCUT2D eigenvalue weighted by molar-refractivity contribution is 5.75. The highest BCUT2D eigenvalue weighted by atomic mass is 19.3. The second-order valence-corrected chi connectivity index (χ2v) is 6.81. The third-order valence-electron chi connectivity index (χ3n) is 4.78. The lowest BCUT2D eigenvalue weighted by atomic mass is 9.96. The molecule has 0 atom stereocenters. The zero-order chi connectivity index (χ0) is 19.9. The normalized spacial score (nSPS) is 14.7. The lowest BCUT2D eigenvalue weighted by molar-refractivity contribution is -0.0494. The number of amides is 1. The average Bonchev–Trinajstić information content (AvgIpc) is 2.69. The summed E-state index contributed by atoms with van der Waals surface area (Å²) in [6, 6.07) is 11.6. The van der Waals surface area contributed by atoms with Gasteiger partial charge in [0, 0.05) is 18.2 Å². The molecule has 1 saturated carbocycles. The summed E-state index contributed by atoms with van der Waals surface area (Å²) in [5.41, 5.74) is 7.57. The summed E-state index contributed by atoms with van der Waals surface area (Å²) in [5, 5.41) is 2.86. The Labute approximate surface area is 162 Å². The van der Waals surface area contributed by atoms with Gasteiger partial charge in [0.05, 0.1) is 0 Å². The van der Waals surface area contributed by atoms with E-state index in [-0.39, 0.29) is 17.5 Å². The third-order valence-corrected chi connectivity index (χ3v) is 4.78. The summed E-state index contributed by atoms with van der Waals surface area (Å²) in [6.07, 6.45) is 4.69. The van der Waals surface area contributed by atoms with Crippen LogP contribution in [0.4, 0.5) is 13.6 Å². The Morgan fingerprint density at radius 2 is 1.93 bits per heavy atom. The van der Waals surface area contributed by atoms with Crippen molar-refractivity contribution in [3.63, 3.8) is 0 Å². The molecule has 3 N–H and O–H groups in total. The van der Waals surface area contributed by atoms with Crippen molar-refractivity contribution in [3.8, 4) is 22.6 Å². The molecule has 7 heteroatoms. The van der Waals surface area contributed by atoms with Gasteiger partial charge in [-0.3, -0.25) is 0 Å². The summed E-state index contributed by atoms with van der Waals surface area (Å²) < 4.78 is 35.6. The van der Waals surface area contributed by atoms with Gasteiger partial charge < -0.3 is 20.5 Å². The summed E-state index contributed by atoms with van der Waals surface area (Å²) in [6.45, 7) is -2.64. The van der Waals surface area contributed by atoms with Crippen LogP contribution in [-0.4, -0.2) is 18.7 Å². The predicted molar refractivity (Wildman–Crippen MR) is 102 cm³/mol. The number of ether oxygens (including phenoxy) is 2. The van der Waals surface area contributed by atoms with E-state index in [4.69, 9.17) is 10.5 Å². The fourth-order valence-corrected chi connectivity index (χ4v) is 3.41. The third kappa shape index (κ3) is 5.42. The first-order valence-corrected chi connectivity index (χ1v) is 9.42. The first kappa shape index (κ1) is 20.1. The zero-order valence-electron chi connectivity index (χ0n) is 15.5. The standard InChI is InChI=1S/C21H24F2N2O3/c22-20(23)28-19-10-9-17(27-21(26)25-16-7-2-1-3-8-16)12-18(19)15-6-4-5-14(11-15)13-24/h4-6,9-12,16,20H,1-3,7-8,13,24H2,(H,25,26). The number of halogens is 2. The Morgan fingerprint density at radius 1 is 1.14 bits per heavy atom. The van der Waals surface area contributed by atoms with E-state index in [9.17, 15) is 13.6 Å². The van der Waals surface area contributed by atoms with Crippen molar-refractivity contribution in [2.75, 3.05) is 0 Å². The minimum atomic E-state index is -2.96. The molecular weight excluding hydrogens is 366 g/mol. The lowest BCUT2D eigenvalue weighted by Crippen LogP contribution is -2.38. The quantitative estimate of drug-likeness (QED) is 0.741. The highest BCUT2D eigenvalue weighted by Crippen LogP contribution is 2.35. The van der Waals surface area contributed by atoms with Crippen LogP contribution in [0.5, 0.6) is 11.5 Å². The Kier molecular flexibility index (Phi) is 6.81. The molecule has 2 aromatic carbocycles. The zero-order valence-corrected chi connectivity index (χ0v) is 15.5. The topological polar surface area (TPSA) is 73.6 Å². The Morgan fingerprint density at radius 3 is 2.64 bits per heavy atom. The molecule has 1 aliphatic carbocycles. The molecule has 150 valence electrons. The van der Waals surface area contributed by atoms with Gasteiger partial charge in [-0.05, 0) is 48.2 Å². The number of carbonyl (C=O) groups is 1. The molecule has 1 fully saturated rings. The van der Waals surface area contributed by atoms with Gasteiger partial charge in [-0.15, -0.1) is 0 Å². The fourth-order valence-electron chi connectivity index (χ4n) is 3.41. The fraction of sp³-hybridized carbons (Fsp3) is 0.381. The van der Waals surface area contributed by atoms with Gasteiger partial charge in [-0.25, -0.2) is 4.79 Å². The van der Waals surface area contributed by atoms with E-state index in [1.54, 1.807) is 18.2 Å². The number of hydrogen-bond donors (Lipinski definition) is 2. The molecule has 0 heterocycles. The second kappa shape index (κ2) is 9.50. The summed E-state index contributed by atoms with van der Waals surface area (Å²) in [5.74, 6) is 0.257. The van der Waals surface area contributed by atoms with Gasteiger partial charge in [0.25, 0.3) is 0 Å². The van der Waals surface area contributed by atoms with Crippen molar-refractivity contribution >= 4 is 6.09 Å². The van der Waals surface area contributed by atoms with Crippen LogP contribution < -0.4 is 20.5 Å². The SMILES string of the molecule is NCc1cccc(-c2cc(OC(=O)NC3CCCCC3)ccc2OC(F)F)c1. The molecule has 0 saturated heterocycles. The van der Waals surface area contributed by atoms with Crippen molar-refractivity contribution in [2.45, 2.75) is 51.3 Å². The van der Waals surface area contributed by atoms with E-state index < -0.39 is 12.7 Å². The molecule has 3 rings (SSSR count). The number of alkyl halides is 2. The molecule has 0 unspecified atom stereocenters. The maximum Gasteiger partial charge on any atom is 0.412 e. The average molecular weight is 390 g/mol. The number of nitrogens with two attached hydrogens (primary N) is 1. The highest BCUT2D eigenvalue weighted by Gasteiger charge is 2.18. The minimum Gasteiger partial charge on any atom is -0.434 e. The van der Waals surface area contributed by atoms with E-state index in [1.807, 2.05) is 6.07 Å². The summed E-state index contributed by atoms with van der Waals surface area (Å²) >= 11 is 0. The van der Waals surface area contributed by atoms with Crippen molar-refractivity contribution in [2.24, 2.45) is 5.73 Å². The van der Waals surface area contributed by atoms with Crippen LogP contribution in [0.1, 0.15) is 37.7 Å². The van der Waals surface area contributed by atoms with Gasteiger partial charge in [-0.1, -0.05) is 37.5 Å². The van der Waals surface area contributed by atoms with E-state index in [0.717, 1.165) is 31.2 Å². The molecular formula is C21H24F2N2O3. The van der Waals surface area contributed by atoms with Gasteiger partial charge in [0.1, 0.15) is 11.5 Å². The van der Waals surface area contributed by atoms with Gasteiger partial charge in [0.15, 0.2) is 0 Å². The first-order valence-electron chi connectivity index (χ1n) is 9.42. The Bertz CT molecular complexity index is 808. The molecule has 0 aromatic heterocycles. The molecule has 0 bridgehead atoms. The maximum atomic E-state index is 12.8. The minimum absolute atomic E-state index is 0.00390. The van der Waals surface area contributed by atoms with Crippen LogP contribution in [0, 0.1) is 0 Å². The second-order valence-electron chi connectivity index (χ2n) is 6.81. The van der Waals surface area contributed by atoms with Gasteiger partial charge in [-0.2, -0.15) is 8.78 Å². The van der Waals surface area contributed by atoms with Crippen molar-refractivity contribution < 1.29 is 23.0 Å². The number of rotatable bonds is 6. The molecule has 0 radical (unpaired) electrons. The molecule has 1 amide bonds. The smallest absolute Gasteiger partial charge is 0.412 e. The van der Waals surface area contributed by atoms with Crippen LogP contribution >= 0.6 is 0 Å². The Hall–Kier alpha value is -2.67. The molecule has 0 spiro atoms. The van der Waals surface area contributed by atoms with E-state index in [1.165, 1.54) is 24.6 Å². The maximum absolute atomic E-state index is 12.8. The lowest BCUT2D eigenvalue weighted by Gasteiger charge is -2.22. The Balaban J connectivity index is 1.81. The monoisotopic (exact) mass is 390 g/mol. The van der Waals surface area contributed by atoms with Crippen molar-refractivity contribution in [1.82, 2.24) is 5.32 Å². The van der Waals surface area contributed by atoms with Gasteiger partial charge >= 0.3 is 12.7 Å². The molecule has 5 nitrogen and oxygen atoms in total.